The van der Waals surface area contributed by atoms with Crippen LogP contribution in [0.4, 0.5) is 0 Å². The van der Waals surface area contributed by atoms with Crippen LogP contribution in [-0.2, 0) is 4.79 Å². The van der Waals surface area contributed by atoms with Crippen molar-refractivity contribution in [1.29, 1.82) is 0 Å². The Labute approximate surface area is 57.2 Å². The van der Waals surface area contributed by atoms with Crippen LogP contribution in [0.3, 0.4) is 0 Å². The van der Waals surface area contributed by atoms with Gasteiger partial charge in [-0.2, -0.15) is 0 Å². The molecule has 58 valence electrons. The van der Waals surface area contributed by atoms with Gasteiger partial charge in [-0.05, 0) is 6.92 Å². The van der Waals surface area contributed by atoms with Crippen LogP contribution in [0.25, 0.3) is 0 Å². The van der Waals surface area contributed by atoms with E-state index in [9.17, 15) is 14.9 Å². The summed E-state index contributed by atoms with van der Waals surface area (Å²) >= 11 is 0. The van der Waals surface area contributed by atoms with E-state index in [4.69, 9.17) is 5.11 Å². The third-order valence-electron chi connectivity index (χ3n) is 1.18. The van der Waals surface area contributed by atoms with Crippen LogP contribution < -0.4 is 0 Å². The molecular weight excluding hydrogens is 140 g/mol. The Morgan fingerprint density at radius 3 is 2.30 bits per heavy atom. The molecule has 0 radical (unpaired) electrons. The molecule has 0 saturated carbocycles. The Balaban J connectivity index is 4.07. The summed E-state index contributed by atoms with van der Waals surface area (Å²) in [6, 6.07) is -1.09. The minimum absolute atomic E-state index is 0.530. The highest BCUT2D eigenvalue weighted by Crippen LogP contribution is 1.93. The first kappa shape index (κ1) is 8.67. The predicted octanol–water partition coefficient (Wildman–Crippen LogP) is -0.417. The summed E-state index contributed by atoms with van der Waals surface area (Å²) in [7, 11) is 1.11. The number of rotatable bonds is 3. The molecule has 0 bridgehead atoms. The number of nitro groups is 1. The molecule has 1 atom stereocenters. The Morgan fingerprint density at radius 2 is 2.20 bits per heavy atom. The molecule has 0 spiro atoms. The topological polar surface area (TPSA) is 83.7 Å². The van der Waals surface area contributed by atoms with Crippen LogP contribution in [-0.4, -0.2) is 34.2 Å². The van der Waals surface area contributed by atoms with Crippen molar-refractivity contribution in [1.82, 2.24) is 5.01 Å². The van der Waals surface area contributed by atoms with Gasteiger partial charge in [0.25, 0.3) is 0 Å². The lowest BCUT2D eigenvalue weighted by Crippen LogP contribution is -2.39. The summed E-state index contributed by atoms with van der Waals surface area (Å²) in [5, 5.41) is 17.9. The average Bonchev–Trinajstić information content (AvgIpc) is 1.84. The van der Waals surface area contributed by atoms with Crippen LogP contribution in [0.2, 0.25) is 0 Å². The smallest absolute Gasteiger partial charge is 0.332 e. The van der Waals surface area contributed by atoms with Gasteiger partial charge in [-0.3, -0.25) is 0 Å². The molecule has 0 aromatic carbocycles. The average molecular weight is 148 g/mol. The molecule has 0 amide bonds. The van der Waals surface area contributed by atoms with Gasteiger partial charge in [0, 0.05) is 0 Å². The molecule has 0 aromatic heterocycles. The van der Waals surface area contributed by atoms with Crippen molar-refractivity contribution in [3.05, 3.63) is 10.1 Å². The van der Waals surface area contributed by atoms with E-state index in [1.807, 2.05) is 0 Å². The number of nitrogens with zero attached hydrogens (tertiary/aromatic N) is 2. The van der Waals surface area contributed by atoms with E-state index in [1.54, 1.807) is 0 Å². The molecule has 6 nitrogen and oxygen atoms in total. The van der Waals surface area contributed by atoms with Crippen molar-refractivity contribution in [3.8, 4) is 0 Å². The lowest BCUT2D eigenvalue weighted by Gasteiger charge is -2.11. The number of hydrogen-bond acceptors (Lipinski definition) is 3. The van der Waals surface area contributed by atoms with E-state index >= 15 is 0 Å². The highest BCUT2D eigenvalue weighted by molar-refractivity contribution is 5.72. The molecule has 0 aliphatic carbocycles. The molecule has 0 rings (SSSR count). The summed E-state index contributed by atoms with van der Waals surface area (Å²) < 4.78 is 0. The van der Waals surface area contributed by atoms with Crippen molar-refractivity contribution >= 4 is 5.97 Å². The minimum atomic E-state index is -1.21. The first-order valence-corrected chi connectivity index (χ1v) is 2.56. The normalized spacial score (nSPS) is 12.2. The molecule has 6 heteroatoms. The monoisotopic (exact) mass is 148 g/mol. The van der Waals surface area contributed by atoms with Gasteiger partial charge in [-0.25, -0.2) is 14.9 Å². The van der Waals surface area contributed by atoms with Crippen molar-refractivity contribution in [2.75, 3.05) is 7.05 Å². The van der Waals surface area contributed by atoms with Crippen molar-refractivity contribution in [3.63, 3.8) is 0 Å². The first-order chi connectivity index (χ1) is 4.46. The molecule has 0 saturated heterocycles. The number of aliphatic carboxylic acids is 1. The second-order valence-corrected chi connectivity index (χ2v) is 1.83. The molecule has 0 aliphatic rings. The maximum atomic E-state index is 10.1. The standard InChI is InChI=1S/C4H8N2O4/c1-3(4(7)8)5(2)6(9)10/h3H,1-2H3,(H,7,8). The molecule has 1 N–H and O–H groups in total. The Hall–Kier alpha value is -1.33. The van der Waals surface area contributed by atoms with Gasteiger partial charge in [-0.15, -0.1) is 5.01 Å². The highest BCUT2D eigenvalue weighted by Gasteiger charge is 2.23. The quantitative estimate of drug-likeness (QED) is 0.434. The Bertz CT molecular complexity index is 139. The van der Waals surface area contributed by atoms with Gasteiger partial charge >= 0.3 is 5.97 Å². The summed E-state index contributed by atoms with van der Waals surface area (Å²) in [5.41, 5.74) is 0. The fourth-order valence-electron chi connectivity index (χ4n) is 0.301. The van der Waals surface area contributed by atoms with Gasteiger partial charge in [-0.1, -0.05) is 0 Å². The zero-order chi connectivity index (χ0) is 8.31. The summed E-state index contributed by atoms with van der Waals surface area (Å²) in [4.78, 5) is 20.0. The molecule has 0 aromatic rings. The summed E-state index contributed by atoms with van der Waals surface area (Å²) in [5.74, 6) is -1.21. The van der Waals surface area contributed by atoms with Gasteiger partial charge in [0.15, 0.2) is 11.1 Å². The van der Waals surface area contributed by atoms with Gasteiger partial charge in [0.2, 0.25) is 0 Å². The number of hydrazine groups is 1. The number of hydrogen-bond donors (Lipinski definition) is 1. The Kier molecular flexibility index (Phi) is 2.60. The van der Waals surface area contributed by atoms with E-state index in [2.05, 4.69) is 0 Å². The van der Waals surface area contributed by atoms with E-state index < -0.39 is 17.0 Å². The zero-order valence-corrected chi connectivity index (χ0v) is 5.64. The number of carbonyl (C=O) groups is 1. The van der Waals surface area contributed by atoms with Crippen LogP contribution in [0.15, 0.2) is 0 Å². The molecule has 0 aliphatic heterocycles. The van der Waals surface area contributed by atoms with Crippen LogP contribution >= 0.6 is 0 Å². The minimum Gasteiger partial charge on any atom is -0.480 e. The van der Waals surface area contributed by atoms with Crippen LogP contribution in [0.5, 0.6) is 0 Å². The maximum Gasteiger partial charge on any atom is 0.332 e. The van der Waals surface area contributed by atoms with Crippen molar-refractivity contribution < 1.29 is 14.9 Å². The second kappa shape index (κ2) is 3.00. The van der Waals surface area contributed by atoms with E-state index in [1.165, 1.54) is 6.92 Å². The molecule has 0 fully saturated rings. The second-order valence-electron chi connectivity index (χ2n) is 1.83. The lowest BCUT2D eigenvalue weighted by atomic mass is 10.3. The molecule has 10 heavy (non-hydrogen) atoms. The number of likely N-dealkylation sites (N-methyl/N-ethyl adjacent to an activating group) is 1. The Morgan fingerprint density at radius 1 is 1.80 bits per heavy atom. The van der Waals surface area contributed by atoms with Crippen molar-refractivity contribution in [2.24, 2.45) is 0 Å². The van der Waals surface area contributed by atoms with Gasteiger partial charge in [0.1, 0.15) is 0 Å². The highest BCUT2D eigenvalue weighted by atomic mass is 16.7. The molecular formula is C4H8N2O4. The van der Waals surface area contributed by atoms with E-state index in [0.717, 1.165) is 7.05 Å². The summed E-state index contributed by atoms with van der Waals surface area (Å²) in [6.07, 6.45) is 0. The van der Waals surface area contributed by atoms with Gasteiger partial charge < -0.3 is 5.11 Å². The van der Waals surface area contributed by atoms with E-state index in [-0.39, 0.29) is 0 Å². The third-order valence-corrected chi connectivity index (χ3v) is 1.18. The fourth-order valence-corrected chi connectivity index (χ4v) is 0.301. The number of carboxylic acid groups (broad SMARTS) is 1. The largest absolute Gasteiger partial charge is 0.480 e. The number of carboxylic acids is 1. The van der Waals surface area contributed by atoms with E-state index in [0.29, 0.717) is 5.01 Å². The van der Waals surface area contributed by atoms with Crippen LogP contribution in [0, 0.1) is 10.1 Å². The van der Waals surface area contributed by atoms with Crippen LogP contribution in [0.1, 0.15) is 6.92 Å². The fraction of sp³-hybridized carbons (Fsp3) is 0.750. The SMILES string of the molecule is CC(C(=O)O)N(C)[N+](=O)[O-]. The lowest BCUT2D eigenvalue weighted by molar-refractivity contribution is -0.653. The molecule has 1 unspecified atom stereocenters. The predicted molar refractivity (Wildman–Crippen MR) is 31.9 cm³/mol. The molecule has 0 heterocycles. The third kappa shape index (κ3) is 1.88. The zero-order valence-electron chi connectivity index (χ0n) is 5.64. The summed E-state index contributed by atoms with van der Waals surface area (Å²) in [6.45, 7) is 1.24. The van der Waals surface area contributed by atoms with Gasteiger partial charge in [0.05, 0.1) is 7.05 Å². The van der Waals surface area contributed by atoms with Crippen molar-refractivity contribution in [2.45, 2.75) is 13.0 Å². The first-order valence-electron chi connectivity index (χ1n) is 2.56. The maximum absolute atomic E-state index is 10.1.